The molecule has 0 radical (unpaired) electrons. The topological polar surface area (TPSA) is 88.2 Å². The molecule has 46 heavy (non-hydrogen) atoms. The summed E-state index contributed by atoms with van der Waals surface area (Å²) in [4.78, 5) is 40.8. The van der Waals surface area contributed by atoms with Crippen LogP contribution in [0.15, 0.2) is 66.7 Å². The van der Waals surface area contributed by atoms with E-state index in [1.54, 1.807) is 49.6 Å². The minimum absolute atomic E-state index is 0.0119. The van der Waals surface area contributed by atoms with Crippen LogP contribution in [0.1, 0.15) is 61.9 Å². The van der Waals surface area contributed by atoms with Gasteiger partial charge in [0.1, 0.15) is 5.75 Å². The predicted molar refractivity (Wildman–Crippen MR) is 184 cm³/mol. The highest BCUT2D eigenvalue weighted by atomic mass is 35.5. The number of rotatable bonds is 11. The average Bonchev–Trinajstić information content (AvgIpc) is 3.82. The molecule has 1 unspecified atom stereocenters. The van der Waals surface area contributed by atoms with Gasteiger partial charge in [-0.3, -0.25) is 14.5 Å². The van der Waals surface area contributed by atoms with E-state index < -0.39 is 5.97 Å². The zero-order valence-corrected chi connectivity index (χ0v) is 28.6. The van der Waals surface area contributed by atoms with E-state index in [9.17, 15) is 14.4 Å². The number of carbonyl (C=O) groups excluding carboxylic acids is 3. The molecule has 0 bridgehead atoms. The van der Waals surface area contributed by atoms with Crippen LogP contribution in [0.5, 0.6) is 5.75 Å². The lowest BCUT2D eigenvalue weighted by molar-refractivity contribution is -0.122. The molecule has 1 aliphatic heterocycles. The number of ether oxygens (including phenoxy) is 2. The lowest BCUT2D eigenvalue weighted by Crippen LogP contribution is -2.43. The first kappa shape index (κ1) is 35.3. The predicted octanol–water partition coefficient (Wildman–Crippen LogP) is 7.69. The summed E-state index contributed by atoms with van der Waals surface area (Å²) in [6.07, 6.45) is 3.93. The minimum atomic E-state index is -0.442. The Morgan fingerprint density at radius 2 is 1.72 bits per heavy atom. The summed E-state index contributed by atoms with van der Waals surface area (Å²) in [6.45, 7) is 8.83. The standard InChI is InChI=1S/C29H37ClN2O4.C7H6ClNO/c1-6-14-32(24-13-12-21(28(34)36-5)16-25(24)35-4)27(33)23-18-31(17-19-10-11-19)29(2,3)26(23)20-8-7-9-22(30)15-20;8-6-2-1-3-7(4-6)9-5-10/h7-9,12-13,15-16,19,23,26H,6,10-11,14,17-18H2,1-5H3;1-5H,(H,9,10)/t23-,26?;/m1./s1. The number of benzene rings is 3. The van der Waals surface area contributed by atoms with Crippen LogP contribution in [0, 0.1) is 11.8 Å². The molecule has 2 fully saturated rings. The number of hydrogen-bond donors (Lipinski definition) is 1. The Hall–Kier alpha value is -3.59. The zero-order chi connectivity index (χ0) is 33.4. The number of anilines is 2. The van der Waals surface area contributed by atoms with Gasteiger partial charge in [-0.25, -0.2) is 4.79 Å². The van der Waals surface area contributed by atoms with Crippen LogP contribution in [-0.4, -0.2) is 62.6 Å². The van der Waals surface area contributed by atoms with Crippen LogP contribution in [0.25, 0.3) is 0 Å². The van der Waals surface area contributed by atoms with Crippen molar-refractivity contribution in [2.45, 2.75) is 51.5 Å². The van der Waals surface area contributed by atoms with E-state index in [0.717, 1.165) is 24.4 Å². The van der Waals surface area contributed by atoms with Gasteiger partial charge in [-0.2, -0.15) is 0 Å². The Balaban J connectivity index is 0.000000409. The van der Waals surface area contributed by atoms with Gasteiger partial charge in [-0.1, -0.05) is 48.3 Å². The quantitative estimate of drug-likeness (QED) is 0.167. The summed E-state index contributed by atoms with van der Waals surface area (Å²) in [5.41, 5.74) is 2.65. The van der Waals surface area contributed by atoms with Crippen molar-refractivity contribution in [2.75, 3.05) is 44.1 Å². The second-order valence-electron chi connectivity index (χ2n) is 12.3. The van der Waals surface area contributed by atoms with Crippen molar-refractivity contribution in [3.05, 3.63) is 87.9 Å². The molecule has 8 nitrogen and oxygen atoms in total. The number of likely N-dealkylation sites (tertiary alicyclic amines) is 1. The fourth-order valence-corrected chi connectivity index (χ4v) is 6.70. The molecular formula is C36H43Cl2N3O5. The van der Waals surface area contributed by atoms with Crippen LogP contribution >= 0.6 is 23.2 Å². The molecule has 1 heterocycles. The lowest BCUT2D eigenvalue weighted by atomic mass is 9.76. The largest absolute Gasteiger partial charge is 0.495 e. The molecule has 2 aliphatic rings. The first-order valence-corrected chi connectivity index (χ1v) is 16.3. The van der Waals surface area contributed by atoms with E-state index >= 15 is 0 Å². The molecular weight excluding hydrogens is 625 g/mol. The third-order valence-electron chi connectivity index (χ3n) is 8.75. The molecule has 5 rings (SSSR count). The summed E-state index contributed by atoms with van der Waals surface area (Å²) in [5.74, 6) is 0.567. The molecule has 1 saturated carbocycles. The molecule has 1 N–H and O–H groups in total. The first-order valence-electron chi connectivity index (χ1n) is 15.6. The molecule has 10 heteroatoms. The fraction of sp³-hybridized carbons (Fsp3) is 0.417. The summed E-state index contributed by atoms with van der Waals surface area (Å²) >= 11 is 12.0. The number of nitrogens with one attached hydrogen (secondary N) is 1. The molecule has 2 amide bonds. The third-order valence-corrected chi connectivity index (χ3v) is 9.22. The highest BCUT2D eigenvalue weighted by Crippen LogP contribution is 2.49. The van der Waals surface area contributed by atoms with Crippen LogP contribution in [0.4, 0.5) is 11.4 Å². The van der Waals surface area contributed by atoms with E-state index in [1.807, 2.05) is 23.1 Å². The highest BCUT2D eigenvalue weighted by Gasteiger charge is 2.52. The summed E-state index contributed by atoms with van der Waals surface area (Å²) < 4.78 is 10.5. The Morgan fingerprint density at radius 3 is 2.30 bits per heavy atom. The molecule has 0 spiro atoms. The number of nitrogens with zero attached hydrogens (tertiary/aromatic N) is 2. The molecule has 246 valence electrons. The second kappa shape index (κ2) is 15.8. The number of halogens is 2. The summed E-state index contributed by atoms with van der Waals surface area (Å²) in [6, 6.07) is 20.0. The maximum atomic E-state index is 14.4. The van der Waals surface area contributed by atoms with Gasteiger partial charge in [0.05, 0.1) is 31.4 Å². The van der Waals surface area contributed by atoms with E-state index in [2.05, 4.69) is 37.1 Å². The van der Waals surface area contributed by atoms with Crippen molar-refractivity contribution >= 4 is 52.9 Å². The van der Waals surface area contributed by atoms with Crippen LogP contribution in [0.3, 0.4) is 0 Å². The number of methoxy groups -OCH3 is 2. The van der Waals surface area contributed by atoms with Crippen LogP contribution in [-0.2, 0) is 14.3 Å². The van der Waals surface area contributed by atoms with Gasteiger partial charge in [0.2, 0.25) is 12.3 Å². The van der Waals surface area contributed by atoms with Gasteiger partial charge in [0.15, 0.2) is 0 Å². The SMILES string of the molecule is CCCN(C(=O)[C@@H]1CN(CC2CC2)C(C)(C)C1c1cccc(Cl)c1)c1ccc(C(=O)OC)cc1OC.O=CNc1cccc(Cl)c1. The number of esters is 1. The maximum Gasteiger partial charge on any atom is 0.337 e. The zero-order valence-electron chi connectivity index (χ0n) is 27.1. The van der Waals surface area contributed by atoms with Crippen molar-refractivity contribution in [1.29, 1.82) is 0 Å². The number of carbonyl (C=O) groups is 3. The molecule has 0 aromatic heterocycles. The smallest absolute Gasteiger partial charge is 0.337 e. The highest BCUT2D eigenvalue weighted by molar-refractivity contribution is 6.31. The first-order chi connectivity index (χ1) is 22.0. The number of amides is 2. The Labute approximate surface area is 281 Å². The second-order valence-corrected chi connectivity index (χ2v) is 13.2. The molecule has 1 aliphatic carbocycles. The monoisotopic (exact) mass is 667 g/mol. The molecule has 3 aromatic rings. The molecule has 2 atom stereocenters. The van der Waals surface area contributed by atoms with Crippen molar-refractivity contribution in [3.8, 4) is 5.75 Å². The van der Waals surface area contributed by atoms with Crippen LogP contribution in [0.2, 0.25) is 10.0 Å². The van der Waals surface area contributed by atoms with Crippen LogP contribution < -0.4 is 15.0 Å². The summed E-state index contributed by atoms with van der Waals surface area (Å²) in [7, 11) is 2.90. The molecule has 3 aromatic carbocycles. The Kier molecular flexibility index (Phi) is 12.1. The van der Waals surface area contributed by atoms with Crippen molar-refractivity contribution < 1.29 is 23.9 Å². The van der Waals surface area contributed by atoms with Gasteiger partial charge >= 0.3 is 5.97 Å². The van der Waals surface area contributed by atoms with Gasteiger partial charge in [-0.05, 0) is 93.1 Å². The van der Waals surface area contributed by atoms with Crippen molar-refractivity contribution in [2.24, 2.45) is 11.8 Å². The normalized spacial score (nSPS) is 18.6. The van der Waals surface area contributed by atoms with Gasteiger partial charge < -0.3 is 19.7 Å². The van der Waals surface area contributed by atoms with E-state index in [4.69, 9.17) is 32.7 Å². The molecule has 1 saturated heterocycles. The lowest BCUT2D eigenvalue weighted by Gasteiger charge is -2.37. The Bertz CT molecular complexity index is 1530. The average molecular weight is 669 g/mol. The van der Waals surface area contributed by atoms with E-state index in [1.165, 1.54) is 20.0 Å². The third kappa shape index (κ3) is 8.41. The number of hydrogen-bond acceptors (Lipinski definition) is 6. The van der Waals surface area contributed by atoms with Gasteiger partial charge in [0.25, 0.3) is 0 Å². The summed E-state index contributed by atoms with van der Waals surface area (Å²) in [5, 5.41) is 3.78. The van der Waals surface area contributed by atoms with Gasteiger partial charge in [-0.15, -0.1) is 0 Å². The van der Waals surface area contributed by atoms with Gasteiger partial charge in [0, 0.05) is 46.8 Å². The van der Waals surface area contributed by atoms with E-state index in [-0.39, 0.29) is 23.3 Å². The Morgan fingerprint density at radius 1 is 1.02 bits per heavy atom. The minimum Gasteiger partial charge on any atom is -0.495 e. The van der Waals surface area contributed by atoms with Crippen molar-refractivity contribution in [3.63, 3.8) is 0 Å². The van der Waals surface area contributed by atoms with Crippen molar-refractivity contribution in [1.82, 2.24) is 4.90 Å². The van der Waals surface area contributed by atoms with E-state index in [0.29, 0.717) is 52.2 Å². The fourth-order valence-electron chi connectivity index (χ4n) is 6.31. The maximum absolute atomic E-state index is 14.4.